The minimum Gasteiger partial charge on any atom is -0.480 e. The van der Waals surface area contributed by atoms with Gasteiger partial charge in [-0.3, -0.25) is 0 Å². The van der Waals surface area contributed by atoms with Gasteiger partial charge in [-0.25, -0.2) is 9.59 Å². The lowest BCUT2D eigenvalue weighted by Gasteiger charge is -2.15. The number of halogens is 1. The molecule has 0 aromatic heterocycles. The van der Waals surface area contributed by atoms with Gasteiger partial charge in [-0.2, -0.15) is 0 Å². The molecule has 0 heterocycles. The fourth-order valence-corrected chi connectivity index (χ4v) is 2.11. The number of amides is 2. The van der Waals surface area contributed by atoms with E-state index >= 15 is 0 Å². The zero-order valence-electron chi connectivity index (χ0n) is 10.9. The van der Waals surface area contributed by atoms with E-state index in [4.69, 9.17) is 5.11 Å². The van der Waals surface area contributed by atoms with E-state index in [1.165, 1.54) is 0 Å². The molecule has 1 aromatic rings. The molecule has 1 atom stereocenters. The third-order valence-electron chi connectivity index (χ3n) is 2.62. The predicted octanol–water partition coefficient (Wildman–Crippen LogP) is 3.13. The van der Waals surface area contributed by atoms with E-state index in [-0.39, 0.29) is 0 Å². The maximum atomic E-state index is 11.7. The number of carboxylic acids is 1. The lowest BCUT2D eigenvalue weighted by atomic mass is 10.2. The minimum absolute atomic E-state index is 0.405. The molecule has 0 unspecified atom stereocenters. The number of hydrogen-bond donors (Lipinski definition) is 3. The standard InChI is InChI=1S/C13H17BrN2O3/c1-3-4-11(12(17)18)16-13(19)15-10-6-5-9(14)7-8(10)2/h5-7,11H,3-4H2,1-2H3,(H,17,18)(H2,15,16,19)/t11-/m1/s1. The lowest BCUT2D eigenvalue weighted by Crippen LogP contribution is -2.42. The summed E-state index contributed by atoms with van der Waals surface area (Å²) in [7, 11) is 0. The van der Waals surface area contributed by atoms with Crippen molar-refractivity contribution in [1.29, 1.82) is 0 Å². The van der Waals surface area contributed by atoms with Crippen LogP contribution >= 0.6 is 15.9 Å². The normalized spacial score (nSPS) is 11.7. The topological polar surface area (TPSA) is 78.4 Å². The molecule has 19 heavy (non-hydrogen) atoms. The molecule has 0 spiro atoms. The first-order valence-electron chi connectivity index (χ1n) is 6.00. The third kappa shape index (κ3) is 4.90. The zero-order chi connectivity index (χ0) is 14.4. The van der Waals surface area contributed by atoms with Crippen molar-refractivity contribution in [3.63, 3.8) is 0 Å². The molecule has 1 rings (SSSR count). The van der Waals surface area contributed by atoms with E-state index in [1.807, 2.05) is 26.0 Å². The van der Waals surface area contributed by atoms with Crippen LogP contribution in [0.5, 0.6) is 0 Å². The van der Waals surface area contributed by atoms with Crippen molar-refractivity contribution in [2.24, 2.45) is 0 Å². The molecule has 0 fully saturated rings. The highest BCUT2D eigenvalue weighted by Crippen LogP contribution is 2.19. The Morgan fingerprint density at radius 1 is 1.42 bits per heavy atom. The number of benzene rings is 1. The van der Waals surface area contributed by atoms with Gasteiger partial charge < -0.3 is 15.7 Å². The van der Waals surface area contributed by atoms with Gasteiger partial charge in [0.2, 0.25) is 0 Å². The van der Waals surface area contributed by atoms with Crippen molar-refractivity contribution in [3.05, 3.63) is 28.2 Å². The number of carbonyl (C=O) groups excluding carboxylic acids is 1. The van der Waals surface area contributed by atoms with E-state index in [0.717, 1.165) is 10.0 Å². The zero-order valence-corrected chi connectivity index (χ0v) is 12.5. The Kier molecular flexibility index (Phi) is 5.82. The van der Waals surface area contributed by atoms with Gasteiger partial charge in [0.25, 0.3) is 0 Å². The summed E-state index contributed by atoms with van der Waals surface area (Å²) in [4.78, 5) is 22.7. The van der Waals surface area contributed by atoms with E-state index < -0.39 is 18.0 Å². The van der Waals surface area contributed by atoms with Crippen LogP contribution in [0.3, 0.4) is 0 Å². The van der Waals surface area contributed by atoms with Crippen LogP contribution in [0.2, 0.25) is 0 Å². The Morgan fingerprint density at radius 3 is 2.63 bits per heavy atom. The number of hydrogen-bond acceptors (Lipinski definition) is 2. The highest BCUT2D eigenvalue weighted by Gasteiger charge is 2.18. The van der Waals surface area contributed by atoms with E-state index in [1.54, 1.807) is 6.07 Å². The summed E-state index contributed by atoms with van der Waals surface area (Å²) in [6, 6.07) is 4.07. The van der Waals surface area contributed by atoms with E-state index in [0.29, 0.717) is 18.5 Å². The molecule has 0 aliphatic carbocycles. The Balaban J connectivity index is 2.66. The van der Waals surface area contributed by atoms with Crippen LogP contribution in [0.1, 0.15) is 25.3 Å². The van der Waals surface area contributed by atoms with Gasteiger partial charge in [-0.15, -0.1) is 0 Å². The average Bonchev–Trinajstić information content (AvgIpc) is 2.32. The summed E-state index contributed by atoms with van der Waals surface area (Å²) < 4.78 is 0.922. The van der Waals surface area contributed by atoms with Gasteiger partial charge in [0.05, 0.1) is 0 Å². The van der Waals surface area contributed by atoms with Crippen molar-refractivity contribution < 1.29 is 14.7 Å². The molecular formula is C13H17BrN2O3. The molecule has 1 aromatic carbocycles. The average molecular weight is 329 g/mol. The van der Waals surface area contributed by atoms with E-state index in [2.05, 4.69) is 26.6 Å². The summed E-state index contributed by atoms with van der Waals surface area (Å²) in [6.07, 6.45) is 1.09. The number of urea groups is 1. The summed E-state index contributed by atoms with van der Waals surface area (Å²) in [6.45, 7) is 3.73. The number of aryl methyl sites for hydroxylation is 1. The molecule has 6 heteroatoms. The van der Waals surface area contributed by atoms with Crippen LogP contribution < -0.4 is 10.6 Å². The number of carbonyl (C=O) groups is 2. The maximum Gasteiger partial charge on any atom is 0.326 e. The van der Waals surface area contributed by atoms with Crippen molar-refractivity contribution in [3.8, 4) is 0 Å². The smallest absolute Gasteiger partial charge is 0.326 e. The van der Waals surface area contributed by atoms with Crippen LogP contribution in [-0.4, -0.2) is 23.1 Å². The Bertz CT molecular complexity index is 477. The van der Waals surface area contributed by atoms with Crippen molar-refractivity contribution >= 4 is 33.6 Å². The van der Waals surface area contributed by atoms with Crippen LogP contribution in [0, 0.1) is 6.92 Å². The van der Waals surface area contributed by atoms with Gasteiger partial charge in [-0.05, 0) is 37.1 Å². The first-order valence-corrected chi connectivity index (χ1v) is 6.79. The highest BCUT2D eigenvalue weighted by molar-refractivity contribution is 9.10. The Hall–Kier alpha value is -1.56. The lowest BCUT2D eigenvalue weighted by molar-refractivity contribution is -0.139. The molecule has 5 nitrogen and oxygen atoms in total. The largest absolute Gasteiger partial charge is 0.480 e. The van der Waals surface area contributed by atoms with Crippen LogP contribution in [0.15, 0.2) is 22.7 Å². The monoisotopic (exact) mass is 328 g/mol. The molecule has 0 saturated carbocycles. The van der Waals surface area contributed by atoms with Gasteiger partial charge >= 0.3 is 12.0 Å². The molecule has 0 radical (unpaired) electrons. The van der Waals surface area contributed by atoms with E-state index in [9.17, 15) is 9.59 Å². The molecule has 0 aliphatic rings. The third-order valence-corrected chi connectivity index (χ3v) is 3.11. The second-order valence-electron chi connectivity index (χ2n) is 4.24. The second-order valence-corrected chi connectivity index (χ2v) is 5.15. The Labute approximate surface area is 120 Å². The highest BCUT2D eigenvalue weighted by atomic mass is 79.9. The fourth-order valence-electron chi connectivity index (χ4n) is 1.63. The molecule has 0 saturated heterocycles. The number of carboxylic acid groups (broad SMARTS) is 1. The second kappa shape index (κ2) is 7.13. The Morgan fingerprint density at radius 2 is 2.11 bits per heavy atom. The van der Waals surface area contributed by atoms with Gasteiger partial charge in [0.15, 0.2) is 0 Å². The number of nitrogens with one attached hydrogen (secondary N) is 2. The van der Waals surface area contributed by atoms with Crippen molar-refractivity contribution in [2.45, 2.75) is 32.7 Å². The summed E-state index contributed by atoms with van der Waals surface area (Å²) >= 11 is 3.34. The number of aliphatic carboxylic acids is 1. The van der Waals surface area contributed by atoms with Crippen molar-refractivity contribution in [2.75, 3.05) is 5.32 Å². The molecular weight excluding hydrogens is 312 g/mol. The van der Waals surface area contributed by atoms with Crippen LogP contribution in [0.25, 0.3) is 0 Å². The molecule has 3 N–H and O–H groups in total. The fraction of sp³-hybridized carbons (Fsp3) is 0.385. The summed E-state index contributed by atoms with van der Waals surface area (Å²) in [5, 5.41) is 14.1. The van der Waals surface area contributed by atoms with Crippen molar-refractivity contribution in [1.82, 2.24) is 5.32 Å². The van der Waals surface area contributed by atoms with Crippen LogP contribution in [0.4, 0.5) is 10.5 Å². The number of rotatable bonds is 5. The first-order chi connectivity index (χ1) is 8.93. The molecule has 2 amide bonds. The SMILES string of the molecule is CCC[C@@H](NC(=O)Nc1ccc(Br)cc1C)C(=O)O. The quantitative estimate of drug-likeness (QED) is 0.776. The van der Waals surface area contributed by atoms with Gasteiger partial charge in [0, 0.05) is 10.2 Å². The summed E-state index contributed by atoms with van der Waals surface area (Å²) in [5.74, 6) is -1.02. The molecule has 0 bridgehead atoms. The minimum atomic E-state index is -1.02. The number of anilines is 1. The van der Waals surface area contributed by atoms with Crippen LogP contribution in [-0.2, 0) is 4.79 Å². The first kappa shape index (κ1) is 15.5. The molecule has 0 aliphatic heterocycles. The van der Waals surface area contributed by atoms with Gasteiger partial charge in [0.1, 0.15) is 6.04 Å². The van der Waals surface area contributed by atoms with Gasteiger partial charge in [-0.1, -0.05) is 29.3 Å². The molecule has 104 valence electrons. The summed E-state index contributed by atoms with van der Waals surface area (Å²) in [5.41, 5.74) is 1.55. The predicted molar refractivity (Wildman–Crippen MR) is 77.4 cm³/mol. The maximum absolute atomic E-state index is 11.7.